The van der Waals surface area contributed by atoms with Gasteiger partial charge < -0.3 is 20.8 Å². The topological polar surface area (TPSA) is 104 Å². The quantitative estimate of drug-likeness (QED) is 0.626. The van der Waals surface area contributed by atoms with E-state index in [1.54, 1.807) is 0 Å². The molecule has 1 amide bonds. The number of carbonyl (C=O) groups is 2. The zero-order valence-electron chi connectivity index (χ0n) is 10.3. The van der Waals surface area contributed by atoms with Crippen molar-refractivity contribution in [2.75, 3.05) is 13.1 Å². The van der Waals surface area contributed by atoms with Crippen molar-refractivity contribution < 1.29 is 19.8 Å². The van der Waals surface area contributed by atoms with Gasteiger partial charge in [0, 0.05) is 18.9 Å². The molecular weight excluding hydrogens is 236 g/mol. The number of amides is 1. The molecule has 6 nitrogen and oxygen atoms in total. The van der Waals surface area contributed by atoms with Crippen molar-refractivity contribution in [2.45, 2.75) is 37.8 Å². The first-order valence-electron chi connectivity index (χ1n) is 6.46. The molecule has 0 radical (unpaired) electrons. The number of likely N-dealkylation sites (tertiary alicyclic amines) is 1. The van der Waals surface area contributed by atoms with Crippen molar-refractivity contribution >= 4 is 11.9 Å². The summed E-state index contributed by atoms with van der Waals surface area (Å²) in [6.07, 6.45) is 2.07. The summed E-state index contributed by atoms with van der Waals surface area (Å²) in [5.41, 5.74) is 5.65. The van der Waals surface area contributed by atoms with Gasteiger partial charge in [0.25, 0.3) is 0 Å². The average Bonchev–Trinajstić information content (AvgIpc) is 2.93. The number of β-amino-alcohol motifs (C(OH)–C–C–N with tert-alkyl or cyclic N) is 1. The Morgan fingerprint density at radius 2 is 2.06 bits per heavy atom. The van der Waals surface area contributed by atoms with Crippen LogP contribution < -0.4 is 5.73 Å². The number of nitrogens with zero attached hydrogens (tertiary/aromatic N) is 1. The number of aliphatic hydroxyl groups excluding tert-OH is 1. The maximum atomic E-state index is 12.4. The summed E-state index contributed by atoms with van der Waals surface area (Å²) in [5.74, 6) is -1.19. The maximum absolute atomic E-state index is 12.4. The van der Waals surface area contributed by atoms with Gasteiger partial charge in [-0.2, -0.15) is 0 Å². The van der Waals surface area contributed by atoms with Gasteiger partial charge in [-0.1, -0.05) is 6.42 Å². The van der Waals surface area contributed by atoms with Crippen LogP contribution in [0.15, 0.2) is 0 Å². The van der Waals surface area contributed by atoms with E-state index in [1.807, 2.05) is 0 Å². The monoisotopic (exact) mass is 256 g/mol. The standard InChI is InChI=1S/C12H20N2O4/c13-5-7-2-1-3-9(7)11(16)14-6-8(15)4-10(14)12(17)18/h7-10,15H,1-6,13H2,(H,17,18). The van der Waals surface area contributed by atoms with Crippen LogP contribution in [-0.4, -0.2) is 52.2 Å². The number of carbonyl (C=O) groups excluding carboxylic acids is 1. The molecule has 1 saturated heterocycles. The molecule has 102 valence electrons. The SMILES string of the molecule is NCC1CCCC1C(=O)N1CC(O)CC1C(=O)O. The Bertz CT molecular complexity index is 347. The van der Waals surface area contributed by atoms with E-state index < -0.39 is 18.1 Å². The zero-order valence-corrected chi connectivity index (χ0v) is 10.3. The maximum Gasteiger partial charge on any atom is 0.326 e. The number of nitrogens with two attached hydrogens (primary N) is 1. The summed E-state index contributed by atoms with van der Waals surface area (Å²) in [6.45, 7) is 0.591. The lowest BCUT2D eigenvalue weighted by Crippen LogP contribution is -2.45. The molecule has 18 heavy (non-hydrogen) atoms. The van der Waals surface area contributed by atoms with Crippen molar-refractivity contribution in [3.05, 3.63) is 0 Å². The molecule has 1 saturated carbocycles. The minimum atomic E-state index is -1.04. The number of carboxylic acid groups (broad SMARTS) is 1. The summed E-state index contributed by atoms with van der Waals surface area (Å²) in [5, 5.41) is 18.6. The molecule has 0 bridgehead atoms. The van der Waals surface area contributed by atoms with Crippen LogP contribution in [0.25, 0.3) is 0 Å². The van der Waals surface area contributed by atoms with Crippen LogP contribution in [0, 0.1) is 11.8 Å². The highest BCUT2D eigenvalue weighted by atomic mass is 16.4. The molecule has 2 rings (SSSR count). The van der Waals surface area contributed by atoms with Crippen LogP contribution in [0.1, 0.15) is 25.7 Å². The van der Waals surface area contributed by atoms with E-state index in [9.17, 15) is 14.7 Å². The molecule has 0 aromatic carbocycles. The van der Waals surface area contributed by atoms with Gasteiger partial charge >= 0.3 is 5.97 Å². The highest BCUT2D eigenvalue weighted by molar-refractivity contribution is 5.86. The Labute approximate surface area is 106 Å². The highest BCUT2D eigenvalue weighted by Gasteiger charge is 2.43. The number of aliphatic hydroxyl groups is 1. The molecule has 2 aliphatic rings. The zero-order chi connectivity index (χ0) is 13.3. The molecule has 0 aromatic rings. The van der Waals surface area contributed by atoms with E-state index in [-0.39, 0.29) is 30.7 Å². The predicted molar refractivity (Wildman–Crippen MR) is 63.6 cm³/mol. The molecular formula is C12H20N2O4. The molecule has 1 aliphatic carbocycles. The van der Waals surface area contributed by atoms with Gasteiger partial charge in [-0.3, -0.25) is 4.79 Å². The number of hydrogen-bond donors (Lipinski definition) is 3. The van der Waals surface area contributed by atoms with E-state index in [2.05, 4.69) is 0 Å². The number of carboxylic acids is 1. The minimum Gasteiger partial charge on any atom is -0.480 e. The number of rotatable bonds is 3. The minimum absolute atomic E-state index is 0.126. The molecule has 1 aliphatic heterocycles. The average molecular weight is 256 g/mol. The first-order valence-corrected chi connectivity index (χ1v) is 6.46. The molecule has 1 heterocycles. The van der Waals surface area contributed by atoms with E-state index in [1.165, 1.54) is 4.90 Å². The second-order valence-electron chi connectivity index (χ2n) is 5.27. The molecule has 2 fully saturated rings. The summed E-state index contributed by atoms with van der Waals surface area (Å²) < 4.78 is 0. The Hall–Kier alpha value is -1.14. The second-order valence-corrected chi connectivity index (χ2v) is 5.27. The van der Waals surface area contributed by atoms with Crippen molar-refractivity contribution in [1.82, 2.24) is 4.90 Å². The fourth-order valence-corrected chi connectivity index (χ4v) is 3.15. The summed E-state index contributed by atoms with van der Waals surface area (Å²) >= 11 is 0. The smallest absolute Gasteiger partial charge is 0.326 e. The molecule has 4 unspecified atom stereocenters. The highest BCUT2D eigenvalue weighted by Crippen LogP contribution is 2.34. The third-order valence-corrected chi connectivity index (χ3v) is 4.13. The molecule has 6 heteroatoms. The fraction of sp³-hybridized carbons (Fsp3) is 0.833. The van der Waals surface area contributed by atoms with Gasteiger partial charge in [-0.15, -0.1) is 0 Å². The third-order valence-electron chi connectivity index (χ3n) is 4.13. The van der Waals surface area contributed by atoms with Crippen molar-refractivity contribution in [2.24, 2.45) is 17.6 Å². The lowest BCUT2D eigenvalue weighted by atomic mass is 9.94. The summed E-state index contributed by atoms with van der Waals surface area (Å²) in [7, 11) is 0. The summed E-state index contributed by atoms with van der Waals surface area (Å²) in [4.78, 5) is 24.8. The molecule has 0 spiro atoms. The predicted octanol–water partition coefficient (Wildman–Crippen LogP) is -0.592. The lowest BCUT2D eigenvalue weighted by molar-refractivity contribution is -0.150. The van der Waals surface area contributed by atoms with E-state index >= 15 is 0 Å². The lowest BCUT2D eigenvalue weighted by Gasteiger charge is -2.27. The second kappa shape index (κ2) is 5.24. The van der Waals surface area contributed by atoms with Gasteiger partial charge in [0.1, 0.15) is 6.04 Å². The summed E-state index contributed by atoms with van der Waals surface area (Å²) in [6, 6.07) is -0.883. The van der Waals surface area contributed by atoms with Crippen LogP contribution in [0.5, 0.6) is 0 Å². The van der Waals surface area contributed by atoms with Gasteiger partial charge in [-0.05, 0) is 25.3 Å². The Balaban J connectivity index is 2.10. The van der Waals surface area contributed by atoms with Crippen LogP contribution in [0.2, 0.25) is 0 Å². The van der Waals surface area contributed by atoms with Gasteiger partial charge in [0.2, 0.25) is 5.91 Å². The third kappa shape index (κ3) is 2.35. The van der Waals surface area contributed by atoms with Crippen molar-refractivity contribution in [1.29, 1.82) is 0 Å². The largest absolute Gasteiger partial charge is 0.480 e. The van der Waals surface area contributed by atoms with Gasteiger partial charge in [0.15, 0.2) is 0 Å². The molecule has 4 atom stereocenters. The number of aliphatic carboxylic acids is 1. The van der Waals surface area contributed by atoms with E-state index in [0.717, 1.165) is 19.3 Å². The Morgan fingerprint density at radius 3 is 2.67 bits per heavy atom. The van der Waals surface area contributed by atoms with Crippen LogP contribution in [0.4, 0.5) is 0 Å². The van der Waals surface area contributed by atoms with E-state index in [0.29, 0.717) is 6.54 Å². The van der Waals surface area contributed by atoms with Crippen molar-refractivity contribution in [3.63, 3.8) is 0 Å². The number of hydrogen-bond acceptors (Lipinski definition) is 4. The normalized spacial score (nSPS) is 36.0. The van der Waals surface area contributed by atoms with Crippen LogP contribution in [0.3, 0.4) is 0 Å². The van der Waals surface area contributed by atoms with Crippen molar-refractivity contribution in [3.8, 4) is 0 Å². The van der Waals surface area contributed by atoms with Gasteiger partial charge in [-0.25, -0.2) is 4.79 Å². The Kier molecular flexibility index (Phi) is 3.87. The van der Waals surface area contributed by atoms with E-state index in [4.69, 9.17) is 10.8 Å². The molecule has 4 N–H and O–H groups in total. The molecule has 0 aromatic heterocycles. The Morgan fingerprint density at radius 1 is 1.33 bits per heavy atom. The first-order chi connectivity index (χ1) is 8.54. The fourth-order valence-electron chi connectivity index (χ4n) is 3.15. The van der Waals surface area contributed by atoms with Gasteiger partial charge in [0.05, 0.1) is 6.10 Å². The van der Waals surface area contributed by atoms with Crippen LogP contribution >= 0.6 is 0 Å². The first kappa shape index (κ1) is 13.3. The van der Waals surface area contributed by atoms with Crippen LogP contribution in [-0.2, 0) is 9.59 Å².